The van der Waals surface area contributed by atoms with Gasteiger partial charge in [0.25, 0.3) is 16.6 Å². The fraction of sp³-hybridized carbons (Fsp3) is 0.365. The van der Waals surface area contributed by atoms with Crippen LogP contribution in [0.2, 0.25) is 10.1 Å². The lowest BCUT2D eigenvalue weighted by Gasteiger charge is -2.46. The Labute approximate surface area is 352 Å². The van der Waals surface area contributed by atoms with Crippen LogP contribution in [-0.4, -0.2) is 40.9 Å². The number of esters is 1. The van der Waals surface area contributed by atoms with Crippen molar-refractivity contribution >= 4 is 43.4 Å². The predicted octanol–water partition coefficient (Wildman–Crippen LogP) is 10.8. The van der Waals surface area contributed by atoms with Gasteiger partial charge >= 0.3 is 5.97 Å². The predicted molar refractivity (Wildman–Crippen MR) is 249 cm³/mol. The summed E-state index contributed by atoms with van der Waals surface area (Å²) in [5.74, 6) is -0.223. The molecule has 1 aliphatic rings. The van der Waals surface area contributed by atoms with Crippen molar-refractivity contribution in [1.29, 1.82) is 0 Å². The highest BCUT2D eigenvalue weighted by molar-refractivity contribution is 7.00. The molecule has 4 aromatic rings. The van der Waals surface area contributed by atoms with Gasteiger partial charge in [-0.15, -0.1) is 0 Å². The molecule has 0 N–H and O–H groups in total. The fourth-order valence-electron chi connectivity index (χ4n) is 8.39. The molecule has 0 aromatic heterocycles. The molecule has 4 aromatic carbocycles. The highest BCUT2D eigenvalue weighted by atomic mass is 28.4. The molecule has 5 rings (SSSR count). The number of cyclic esters (lactones) is 1. The summed E-state index contributed by atoms with van der Waals surface area (Å²) < 4.78 is 20.7. The highest BCUT2D eigenvalue weighted by Gasteiger charge is 2.53. The first kappa shape index (κ1) is 44.8. The molecule has 6 heteroatoms. The van der Waals surface area contributed by atoms with Crippen LogP contribution in [0.25, 0.3) is 0 Å². The zero-order valence-corrected chi connectivity index (χ0v) is 38.0. The molecule has 0 bridgehead atoms. The molecule has 1 aliphatic heterocycles. The molecule has 1 heterocycles. The largest absolute Gasteiger partial charge is 0.458 e. The van der Waals surface area contributed by atoms with Crippen LogP contribution in [0.15, 0.2) is 170 Å². The standard InChI is InChI=1S/C52H66O4Si2/c1-8-9-10-11-12-19-30-43(55-57(51(2,3)4,46-33-22-15-23-34-46)47-35-24-16-25-36-47)31-20-13-14-21-32-44-41-45(42-50(53)54-44)56-58(52(5,6)7,48-37-26-17-27-38-48)49-39-28-18-29-40-49/h12-29,31-40,43-45H,8-11,30,41-42H2,1-7H3/b14-13+,19-12-,31-20+,32-21-/t43-,44-,45+/m1/s1. The van der Waals surface area contributed by atoms with Crippen LogP contribution in [-0.2, 0) is 18.4 Å². The molecular weight excluding hydrogens is 745 g/mol. The molecule has 306 valence electrons. The van der Waals surface area contributed by atoms with Gasteiger partial charge in [-0.05, 0) is 56.2 Å². The van der Waals surface area contributed by atoms with E-state index in [1.54, 1.807) is 0 Å². The zero-order chi connectivity index (χ0) is 41.5. The van der Waals surface area contributed by atoms with Gasteiger partial charge in [-0.1, -0.05) is 225 Å². The molecule has 58 heavy (non-hydrogen) atoms. The lowest BCUT2D eigenvalue weighted by Crippen LogP contribution is -2.68. The first-order valence-corrected chi connectivity index (χ1v) is 25.2. The highest BCUT2D eigenvalue weighted by Crippen LogP contribution is 2.40. The van der Waals surface area contributed by atoms with Gasteiger partial charge in [0.15, 0.2) is 0 Å². The second-order valence-electron chi connectivity index (χ2n) is 17.5. The first-order valence-electron chi connectivity index (χ1n) is 21.3. The van der Waals surface area contributed by atoms with Gasteiger partial charge in [-0.2, -0.15) is 0 Å². The van der Waals surface area contributed by atoms with Crippen molar-refractivity contribution in [2.24, 2.45) is 0 Å². The summed E-state index contributed by atoms with van der Waals surface area (Å²) in [6.07, 6.45) is 22.6. The molecule has 1 fully saturated rings. The van der Waals surface area contributed by atoms with Crippen molar-refractivity contribution in [3.63, 3.8) is 0 Å². The SMILES string of the molecule is CCCCC/C=C\C[C@H](/C=C/C=C/C=C\[C@@H]1C[C@H](O[Si](c2ccccc2)(c2ccccc2)C(C)(C)C)CC(=O)O1)O[Si](c1ccccc1)(c1ccccc1)C(C)(C)C. The van der Waals surface area contributed by atoms with Gasteiger partial charge in [0, 0.05) is 6.42 Å². The third-order valence-corrected chi connectivity index (χ3v) is 21.3. The topological polar surface area (TPSA) is 44.8 Å². The van der Waals surface area contributed by atoms with E-state index in [1.807, 2.05) is 36.4 Å². The molecule has 0 spiro atoms. The van der Waals surface area contributed by atoms with Crippen LogP contribution >= 0.6 is 0 Å². The molecule has 0 saturated carbocycles. The maximum Gasteiger partial charge on any atom is 0.308 e. The summed E-state index contributed by atoms with van der Waals surface area (Å²) in [6, 6.07) is 42.9. The molecule has 4 nitrogen and oxygen atoms in total. The number of hydrogen-bond acceptors (Lipinski definition) is 4. The molecular formula is C52H66O4Si2. The molecule has 0 amide bonds. The van der Waals surface area contributed by atoms with E-state index in [4.69, 9.17) is 13.6 Å². The molecule has 0 radical (unpaired) electrons. The monoisotopic (exact) mass is 810 g/mol. The van der Waals surface area contributed by atoms with Gasteiger partial charge in [-0.3, -0.25) is 4.79 Å². The zero-order valence-electron chi connectivity index (χ0n) is 36.0. The average Bonchev–Trinajstić information content (AvgIpc) is 3.21. The van der Waals surface area contributed by atoms with Crippen molar-refractivity contribution < 1.29 is 18.4 Å². The van der Waals surface area contributed by atoms with Crippen LogP contribution in [0.1, 0.15) is 93.4 Å². The van der Waals surface area contributed by atoms with Crippen LogP contribution in [0.4, 0.5) is 0 Å². The van der Waals surface area contributed by atoms with Crippen LogP contribution in [0, 0.1) is 0 Å². The van der Waals surface area contributed by atoms with E-state index in [-0.39, 0.29) is 40.8 Å². The third-order valence-electron chi connectivity index (χ3n) is 11.2. The average molecular weight is 811 g/mol. The Morgan fingerprint density at radius 2 is 1.14 bits per heavy atom. The molecule has 1 saturated heterocycles. The number of allylic oxidation sites excluding steroid dienone is 5. The Morgan fingerprint density at radius 3 is 1.62 bits per heavy atom. The summed E-state index contributed by atoms with van der Waals surface area (Å²) in [5, 5.41) is 4.66. The van der Waals surface area contributed by atoms with Gasteiger partial charge < -0.3 is 13.6 Å². The number of benzene rings is 4. The van der Waals surface area contributed by atoms with E-state index in [2.05, 4.69) is 182 Å². The summed E-state index contributed by atoms with van der Waals surface area (Å²) >= 11 is 0. The van der Waals surface area contributed by atoms with Crippen molar-refractivity contribution in [1.82, 2.24) is 0 Å². The smallest absolute Gasteiger partial charge is 0.308 e. The van der Waals surface area contributed by atoms with Gasteiger partial charge in [0.1, 0.15) is 6.10 Å². The van der Waals surface area contributed by atoms with Crippen molar-refractivity contribution in [3.05, 3.63) is 170 Å². The Hall–Kier alpha value is -4.34. The van der Waals surface area contributed by atoms with Gasteiger partial charge in [0.2, 0.25) is 0 Å². The summed E-state index contributed by atoms with van der Waals surface area (Å²) in [7, 11) is -5.57. The minimum absolute atomic E-state index is 0.124. The number of ether oxygens (including phenoxy) is 1. The molecule has 3 atom stereocenters. The maximum absolute atomic E-state index is 13.1. The molecule has 0 aliphatic carbocycles. The normalized spacial score (nSPS) is 17.7. The quantitative estimate of drug-likeness (QED) is 0.0330. The third kappa shape index (κ3) is 11.2. The van der Waals surface area contributed by atoms with E-state index in [9.17, 15) is 4.79 Å². The van der Waals surface area contributed by atoms with Gasteiger partial charge in [-0.25, -0.2) is 0 Å². The lowest BCUT2D eigenvalue weighted by atomic mass is 10.1. The molecule has 0 unspecified atom stereocenters. The Kier molecular flexibility index (Phi) is 16.3. The Bertz CT molecular complexity index is 1860. The minimum Gasteiger partial charge on any atom is -0.458 e. The Balaban J connectivity index is 1.36. The van der Waals surface area contributed by atoms with E-state index in [0.717, 1.165) is 12.8 Å². The van der Waals surface area contributed by atoms with Crippen molar-refractivity contribution in [3.8, 4) is 0 Å². The Morgan fingerprint density at radius 1 is 0.655 bits per heavy atom. The van der Waals surface area contributed by atoms with E-state index in [0.29, 0.717) is 6.42 Å². The summed E-state index contributed by atoms with van der Waals surface area (Å²) in [5.41, 5.74) is 0. The van der Waals surface area contributed by atoms with E-state index in [1.165, 1.54) is 40.0 Å². The number of hydrogen-bond donors (Lipinski definition) is 0. The second kappa shape index (κ2) is 21.1. The number of rotatable bonds is 18. The van der Waals surface area contributed by atoms with Crippen LogP contribution in [0.5, 0.6) is 0 Å². The first-order chi connectivity index (χ1) is 27.9. The fourth-order valence-corrected chi connectivity index (χ4v) is 17.7. The van der Waals surface area contributed by atoms with Crippen LogP contribution < -0.4 is 20.7 Å². The summed E-state index contributed by atoms with van der Waals surface area (Å²) in [6.45, 7) is 16.0. The van der Waals surface area contributed by atoms with Gasteiger partial charge in [0.05, 0.1) is 18.6 Å². The van der Waals surface area contributed by atoms with Crippen molar-refractivity contribution in [2.45, 2.75) is 122 Å². The second-order valence-corrected chi connectivity index (χ2v) is 26.1. The number of unbranched alkanes of at least 4 members (excludes halogenated alkanes) is 3. The maximum atomic E-state index is 13.1. The van der Waals surface area contributed by atoms with Crippen molar-refractivity contribution in [2.75, 3.05) is 0 Å². The number of carbonyl (C=O) groups is 1. The van der Waals surface area contributed by atoms with E-state index >= 15 is 0 Å². The lowest BCUT2D eigenvalue weighted by molar-refractivity contribution is -0.155. The van der Waals surface area contributed by atoms with E-state index < -0.39 is 16.6 Å². The summed E-state index contributed by atoms with van der Waals surface area (Å²) in [4.78, 5) is 13.1. The van der Waals surface area contributed by atoms with Crippen LogP contribution in [0.3, 0.4) is 0 Å². The number of carbonyl (C=O) groups excluding carboxylic acids is 1. The minimum atomic E-state index is -2.82.